The van der Waals surface area contributed by atoms with Crippen LogP contribution < -0.4 is 9.47 Å². The second kappa shape index (κ2) is 9.27. The summed E-state index contributed by atoms with van der Waals surface area (Å²) < 4.78 is 48.2. The van der Waals surface area contributed by atoms with Crippen LogP contribution in [0.15, 0.2) is 48.5 Å². The van der Waals surface area contributed by atoms with Crippen LogP contribution in [0, 0.1) is 0 Å². The van der Waals surface area contributed by atoms with Crippen LogP contribution in [0.5, 0.6) is 11.5 Å². The molecule has 0 saturated heterocycles. The molecular formula is C20H21F3O3. The van der Waals surface area contributed by atoms with Gasteiger partial charge < -0.3 is 9.47 Å². The third kappa shape index (κ3) is 6.10. The van der Waals surface area contributed by atoms with Gasteiger partial charge in [0.15, 0.2) is 0 Å². The maximum Gasteiger partial charge on any atom is 0.416 e. The number of unbranched alkanes of at least 4 members (excludes halogenated alkanes) is 3. The minimum absolute atomic E-state index is 0.0549. The molecule has 6 heteroatoms. The maximum atomic E-state index is 12.5. The van der Waals surface area contributed by atoms with Crippen molar-refractivity contribution in [2.75, 3.05) is 6.61 Å². The first-order valence-electron chi connectivity index (χ1n) is 8.52. The van der Waals surface area contributed by atoms with E-state index in [1.807, 2.05) is 0 Å². The van der Waals surface area contributed by atoms with E-state index in [1.165, 1.54) is 6.42 Å². The van der Waals surface area contributed by atoms with E-state index in [4.69, 9.17) is 9.47 Å². The van der Waals surface area contributed by atoms with Gasteiger partial charge in [-0.15, -0.1) is 0 Å². The van der Waals surface area contributed by atoms with Crippen LogP contribution in [0.4, 0.5) is 13.2 Å². The predicted molar refractivity (Wildman–Crippen MR) is 92.5 cm³/mol. The van der Waals surface area contributed by atoms with E-state index in [0.717, 1.165) is 43.5 Å². The Morgan fingerprint density at radius 3 is 2.08 bits per heavy atom. The number of halogens is 3. The summed E-state index contributed by atoms with van der Waals surface area (Å²) in [7, 11) is 0. The van der Waals surface area contributed by atoms with Crippen LogP contribution in [-0.4, -0.2) is 12.6 Å². The number of rotatable bonds is 8. The number of hydrogen-bond donors (Lipinski definition) is 0. The molecule has 0 radical (unpaired) electrons. The van der Waals surface area contributed by atoms with E-state index >= 15 is 0 Å². The van der Waals surface area contributed by atoms with E-state index in [-0.39, 0.29) is 5.75 Å². The Kier molecular flexibility index (Phi) is 7.06. The lowest BCUT2D eigenvalue weighted by molar-refractivity contribution is -0.137. The van der Waals surface area contributed by atoms with Crippen molar-refractivity contribution in [1.29, 1.82) is 0 Å². The van der Waals surface area contributed by atoms with Gasteiger partial charge >= 0.3 is 12.1 Å². The van der Waals surface area contributed by atoms with Gasteiger partial charge in [0, 0.05) is 0 Å². The number of carbonyl (C=O) groups excluding carboxylic acids is 1. The first-order valence-corrected chi connectivity index (χ1v) is 8.52. The first-order chi connectivity index (χ1) is 12.4. The molecule has 0 aliphatic rings. The summed E-state index contributed by atoms with van der Waals surface area (Å²) in [5.74, 6) is 0.0751. The molecule has 0 saturated carbocycles. The van der Waals surface area contributed by atoms with Crippen LogP contribution in [-0.2, 0) is 6.18 Å². The van der Waals surface area contributed by atoms with Crippen molar-refractivity contribution in [1.82, 2.24) is 0 Å². The minimum atomic E-state index is -4.42. The largest absolute Gasteiger partial charge is 0.494 e. The van der Waals surface area contributed by atoms with Crippen molar-refractivity contribution in [2.24, 2.45) is 0 Å². The van der Waals surface area contributed by atoms with Crippen LogP contribution >= 0.6 is 0 Å². The minimum Gasteiger partial charge on any atom is -0.494 e. The quantitative estimate of drug-likeness (QED) is 0.332. The van der Waals surface area contributed by atoms with Crippen LogP contribution in [0.1, 0.15) is 48.5 Å². The molecule has 0 aliphatic heterocycles. The number of alkyl halides is 3. The summed E-state index contributed by atoms with van der Waals surface area (Å²) in [5.41, 5.74) is -0.499. The molecule has 0 amide bonds. The van der Waals surface area contributed by atoms with Gasteiger partial charge in [-0.3, -0.25) is 0 Å². The first kappa shape index (κ1) is 19.8. The molecule has 0 unspecified atom stereocenters. The summed E-state index contributed by atoms with van der Waals surface area (Å²) in [5, 5.41) is 0. The topological polar surface area (TPSA) is 35.5 Å². The molecule has 2 aromatic carbocycles. The average molecular weight is 366 g/mol. The summed E-state index contributed by atoms with van der Waals surface area (Å²) >= 11 is 0. The third-order valence-corrected chi connectivity index (χ3v) is 3.75. The zero-order valence-corrected chi connectivity index (χ0v) is 14.5. The average Bonchev–Trinajstić information content (AvgIpc) is 2.62. The number of carbonyl (C=O) groups is 1. The van der Waals surface area contributed by atoms with Gasteiger partial charge in [-0.1, -0.05) is 26.2 Å². The Hall–Kier alpha value is -2.50. The van der Waals surface area contributed by atoms with Crippen molar-refractivity contribution in [3.05, 3.63) is 59.7 Å². The zero-order chi connectivity index (χ0) is 19.0. The number of esters is 1. The van der Waals surface area contributed by atoms with E-state index < -0.39 is 17.7 Å². The van der Waals surface area contributed by atoms with Gasteiger partial charge in [-0.2, -0.15) is 13.2 Å². The van der Waals surface area contributed by atoms with E-state index in [0.29, 0.717) is 17.9 Å². The fourth-order valence-corrected chi connectivity index (χ4v) is 2.28. The standard InChI is InChI=1S/C20H21F3O3/c1-2-3-4-5-14-25-17-10-6-15(7-11-17)19(24)26-18-12-8-16(9-13-18)20(21,22)23/h6-13H,2-5,14H2,1H3. The van der Waals surface area contributed by atoms with Crippen molar-refractivity contribution < 1.29 is 27.4 Å². The zero-order valence-electron chi connectivity index (χ0n) is 14.5. The highest BCUT2D eigenvalue weighted by Crippen LogP contribution is 2.30. The Morgan fingerprint density at radius 2 is 1.50 bits per heavy atom. The molecule has 2 aromatic rings. The molecule has 140 valence electrons. The fraction of sp³-hybridized carbons (Fsp3) is 0.350. The summed E-state index contributed by atoms with van der Waals surface area (Å²) in [4.78, 5) is 12.1. The Morgan fingerprint density at radius 1 is 0.885 bits per heavy atom. The summed E-state index contributed by atoms with van der Waals surface area (Å²) in [6, 6.07) is 10.5. The monoisotopic (exact) mass is 366 g/mol. The molecule has 0 aromatic heterocycles. The van der Waals surface area contributed by atoms with Crippen LogP contribution in [0.3, 0.4) is 0 Å². The molecule has 3 nitrogen and oxygen atoms in total. The van der Waals surface area contributed by atoms with Crippen LogP contribution in [0.25, 0.3) is 0 Å². The normalized spacial score (nSPS) is 11.2. The lowest BCUT2D eigenvalue weighted by atomic mass is 10.2. The van der Waals surface area contributed by atoms with E-state index in [2.05, 4.69) is 6.92 Å². The second-order valence-electron chi connectivity index (χ2n) is 5.85. The van der Waals surface area contributed by atoms with Gasteiger partial charge in [0.1, 0.15) is 11.5 Å². The Balaban J connectivity index is 1.87. The summed E-state index contributed by atoms with van der Waals surface area (Å²) in [6.45, 7) is 2.76. The predicted octanol–water partition coefficient (Wildman–Crippen LogP) is 5.88. The number of hydrogen-bond acceptors (Lipinski definition) is 3. The van der Waals surface area contributed by atoms with Gasteiger partial charge in [0.05, 0.1) is 17.7 Å². The Bertz CT molecular complexity index is 692. The van der Waals surface area contributed by atoms with Gasteiger partial charge in [-0.25, -0.2) is 4.79 Å². The van der Waals surface area contributed by atoms with Crippen LogP contribution in [0.2, 0.25) is 0 Å². The van der Waals surface area contributed by atoms with Crippen molar-refractivity contribution >= 4 is 5.97 Å². The van der Waals surface area contributed by atoms with E-state index in [9.17, 15) is 18.0 Å². The fourth-order valence-electron chi connectivity index (χ4n) is 2.28. The van der Waals surface area contributed by atoms with E-state index in [1.54, 1.807) is 24.3 Å². The van der Waals surface area contributed by atoms with Gasteiger partial charge in [-0.05, 0) is 55.0 Å². The third-order valence-electron chi connectivity index (χ3n) is 3.75. The Labute approximate surface area is 150 Å². The van der Waals surface area contributed by atoms with Gasteiger partial charge in [0.2, 0.25) is 0 Å². The lowest BCUT2D eigenvalue weighted by Gasteiger charge is -2.09. The lowest BCUT2D eigenvalue weighted by Crippen LogP contribution is -2.09. The number of benzene rings is 2. The van der Waals surface area contributed by atoms with Crippen molar-refractivity contribution in [3.8, 4) is 11.5 Å². The maximum absolute atomic E-state index is 12.5. The second-order valence-corrected chi connectivity index (χ2v) is 5.85. The summed E-state index contributed by atoms with van der Waals surface area (Å²) in [6.07, 6.45) is 0.0162. The highest BCUT2D eigenvalue weighted by Gasteiger charge is 2.30. The number of ether oxygens (including phenoxy) is 2. The van der Waals surface area contributed by atoms with Crippen molar-refractivity contribution in [3.63, 3.8) is 0 Å². The molecule has 0 atom stereocenters. The molecule has 0 fully saturated rings. The molecule has 0 bridgehead atoms. The SMILES string of the molecule is CCCCCCOc1ccc(C(=O)Oc2ccc(C(F)(F)F)cc2)cc1. The molecule has 26 heavy (non-hydrogen) atoms. The molecule has 0 heterocycles. The highest BCUT2D eigenvalue weighted by molar-refractivity contribution is 5.91. The molecule has 2 rings (SSSR count). The molecule has 0 aliphatic carbocycles. The highest BCUT2D eigenvalue weighted by atomic mass is 19.4. The van der Waals surface area contributed by atoms with Gasteiger partial charge in [0.25, 0.3) is 0 Å². The molecular weight excluding hydrogens is 345 g/mol. The molecule has 0 N–H and O–H groups in total. The molecule has 0 spiro atoms. The van der Waals surface area contributed by atoms with Crippen molar-refractivity contribution in [2.45, 2.75) is 38.8 Å². The smallest absolute Gasteiger partial charge is 0.416 e.